The fourth-order valence-corrected chi connectivity index (χ4v) is 2.17. The number of amides is 1. The van der Waals surface area contributed by atoms with E-state index in [1.54, 1.807) is 0 Å². The van der Waals surface area contributed by atoms with Crippen molar-refractivity contribution in [2.45, 2.75) is 26.2 Å². The van der Waals surface area contributed by atoms with E-state index in [2.05, 4.69) is 27.9 Å². The number of ether oxygens (including phenoxy) is 1. The van der Waals surface area contributed by atoms with Gasteiger partial charge in [0.15, 0.2) is 11.5 Å². The van der Waals surface area contributed by atoms with Crippen LogP contribution < -0.4 is 5.32 Å². The summed E-state index contributed by atoms with van der Waals surface area (Å²) < 4.78 is 5.79. The van der Waals surface area contributed by atoms with Crippen molar-refractivity contribution in [3.8, 4) is 11.5 Å². The van der Waals surface area contributed by atoms with Crippen molar-refractivity contribution in [3.05, 3.63) is 21.3 Å². The van der Waals surface area contributed by atoms with Crippen LogP contribution in [0.25, 0.3) is 0 Å². The minimum absolute atomic E-state index is 0.139. The van der Waals surface area contributed by atoms with Gasteiger partial charge < -0.3 is 20.3 Å². The van der Waals surface area contributed by atoms with Gasteiger partial charge in [0.25, 0.3) is 0 Å². The van der Waals surface area contributed by atoms with Crippen molar-refractivity contribution in [3.63, 3.8) is 0 Å². The van der Waals surface area contributed by atoms with Crippen molar-refractivity contribution in [1.82, 2.24) is 5.32 Å². The molecule has 0 heterocycles. The van der Waals surface area contributed by atoms with Gasteiger partial charge in [-0.25, -0.2) is 4.79 Å². The number of aromatic hydroxyl groups is 2. The largest absolute Gasteiger partial charge is 0.504 e. The molecule has 0 unspecified atom stereocenters. The molecule has 0 saturated heterocycles. The summed E-state index contributed by atoms with van der Waals surface area (Å²) in [6, 6.07) is 2.99. The number of carbonyl (C=O) groups is 1. The molecular weight excluding hydrogens is 361 g/mol. The number of hydrogen-bond donors (Lipinski definition) is 3. The number of unbranched alkanes of at least 4 members (excludes halogenated alkanes) is 1. The minimum Gasteiger partial charge on any atom is -0.504 e. The average molecular weight is 379 g/mol. The van der Waals surface area contributed by atoms with Crippen molar-refractivity contribution in [2.75, 3.05) is 13.2 Å². The summed E-state index contributed by atoms with van der Waals surface area (Å²) in [5, 5.41) is 21.4. The zero-order valence-electron chi connectivity index (χ0n) is 10.8. The molecule has 3 N–H and O–H groups in total. The molecule has 0 bridgehead atoms. The number of carbonyl (C=O) groups excluding carboxylic acids is 1. The maximum Gasteiger partial charge on any atom is 0.407 e. The quantitative estimate of drug-likeness (QED) is 0.404. The zero-order valence-corrected chi connectivity index (χ0v) is 12.9. The van der Waals surface area contributed by atoms with Crippen LogP contribution in [-0.4, -0.2) is 29.5 Å². The fraction of sp³-hybridized carbons (Fsp3) is 0.462. The smallest absolute Gasteiger partial charge is 0.407 e. The molecule has 1 rings (SSSR count). The molecule has 106 valence electrons. The summed E-state index contributed by atoms with van der Waals surface area (Å²) in [7, 11) is 0. The van der Waals surface area contributed by atoms with E-state index in [-0.39, 0.29) is 11.5 Å². The lowest BCUT2D eigenvalue weighted by Crippen LogP contribution is -2.26. The molecule has 0 aliphatic heterocycles. The van der Waals surface area contributed by atoms with Crippen LogP contribution in [-0.2, 0) is 11.2 Å². The van der Waals surface area contributed by atoms with E-state index >= 15 is 0 Å². The predicted octanol–water partition coefficient (Wildman–Crippen LogP) is 2.77. The van der Waals surface area contributed by atoms with Gasteiger partial charge in [0.2, 0.25) is 0 Å². The first-order valence-corrected chi connectivity index (χ1v) is 7.23. The van der Waals surface area contributed by atoms with Crippen LogP contribution in [0.1, 0.15) is 25.3 Å². The van der Waals surface area contributed by atoms with Crippen LogP contribution >= 0.6 is 22.6 Å². The average Bonchev–Trinajstić information content (AvgIpc) is 2.36. The van der Waals surface area contributed by atoms with Gasteiger partial charge in [-0.3, -0.25) is 0 Å². The molecule has 0 spiro atoms. The molecule has 0 saturated carbocycles. The second-order valence-electron chi connectivity index (χ2n) is 4.10. The number of nitrogens with one attached hydrogen (secondary N) is 1. The molecule has 1 amide bonds. The normalized spacial score (nSPS) is 10.2. The third-order valence-electron chi connectivity index (χ3n) is 2.54. The highest BCUT2D eigenvalue weighted by Gasteiger charge is 2.07. The summed E-state index contributed by atoms with van der Waals surface area (Å²) in [5.41, 5.74) is 0.866. The summed E-state index contributed by atoms with van der Waals surface area (Å²) >= 11 is 2.07. The minimum atomic E-state index is -0.425. The van der Waals surface area contributed by atoms with Crippen LogP contribution in [0, 0.1) is 3.57 Å². The number of phenols is 2. The molecule has 1 aromatic carbocycles. The zero-order chi connectivity index (χ0) is 14.3. The standard InChI is InChI=1S/C13H18INO4/c1-2-3-6-19-13(18)15-5-4-9-7-11(16)12(17)8-10(9)14/h7-8,16-17H,2-6H2,1H3,(H,15,18). The number of rotatable bonds is 6. The van der Waals surface area contributed by atoms with E-state index in [1.807, 2.05) is 6.92 Å². The Kier molecular flexibility index (Phi) is 6.75. The van der Waals surface area contributed by atoms with Crippen LogP contribution in [0.4, 0.5) is 4.79 Å². The predicted molar refractivity (Wildman–Crippen MR) is 80.5 cm³/mol. The Morgan fingerprint density at radius 3 is 2.74 bits per heavy atom. The van der Waals surface area contributed by atoms with Gasteiger partial charge in [-0.2, -0.15) is 0 Å². The first-order valence-electron chi connectivity index (χ1n) is 6.15. The number of phenolic OH excluding ortho intramolecular Hbond substituents is 2. The number of halogens is 1. The fourth-order valence-electron chi connectivity index (χ4n) is 1.45. The first kappa shape index (κ1) is 15.9. The Morgan fingerprint density at radius 2 is 2.05 bits per heavy atom. The second kappa shape index (κ2) is 8.08. The molecule has 0 atom stereocenters. The lowest BCUT2D eigenvalue weighted by Gasteiger charge is -2.09. The molecule has 0 radical (unpaired) electrons. The Hall–Kier alpha value is -1.18. The molecule has 0 fully saturated rings. The molecule has 1 aromatic rings. The van der Waals surface area contributed by atoms with Gasteiger partial charge in [-0.15, -0.1) is 0 Å². The lowest BCUT2D eigenvalue weighted by molar-refractivity contribution is 0.144. The molecule has 5 nitrogen and oxygen atoms in total. The third kappa shape index (κ3) is 5.54. The lowest BCUT2D eigenvalue weighted by atomic mass is 10.1. The second-order valence-corrected chi connectivity index (χ2v) is 5.26. The molecular formula is C13H18INO4. The van der Waals surface area contributed by atoms with Gasteiger partial charge in [0.1, 0.15) is 0 Å². The summed E-state index contributed by atoms with van der Waals surface area (Å²) in [6.07, 6.45) is 1.98. The van der Waals surface area contributed by atoms with Crippen LogP contribution in [0.5, 0.6) is 11.5 Å². The molecule has 19 heavy (non-hydrogen) atoms. The van der Waals surface area contributed by atoms with Gasteiger partial charge in [-0.05, 0) is 53.1 Å². The van der Waals surface area contributed by atoms with Gasteiger partial charge in [0, 0.05) is 10.1 Å². The van der Waals surface area contributed by atoms with Gasteiger partial charge >= 0.3 is 6.09 Å². The van der Waals surface area contributed by atoms with Gasteiger partial charge in [0.05, 0.1) is 6.61 Å². The van der Waals surface area contributed by atoms with Crippen molar-refractivity contribution >= 4 is 28.7 Å². The van der Waals surface area contributed by atoms with E-state index in [1.165, 1.54) is 12.1 Å². The molecule has 0 aromatic heterocycles. The van der Waals surface area contributed by atoms with E-state index in [9.17, 15) is 15.0 Å². The Bertz CT molecular complexity index is 437. The van der Waals surface area contributed by atoms with E-state index in [0.29, 0.717) is 19.6 Å². The number of alkyl carbamates (subject to hydrolysis) is 1. The van der Waals surface area contributed by atoms with Crippen molar-refractivity contribution in [2.24, 2.45) is 0 Å². The molecule has 0 aliphatic rings. The highest BCUT2D eigenvalue weighted by Crippen LogP contribution is 2.29. The molecule has 0 aliphatic carbocycles. The number of hydrogen-bond acceptors (Lipinski definition) is 4. The third-order valence-corrected chi connectivity index (χ3v) is 3.54. The van der Waals surface area contributed by atoms with E-state index in [4.69, 9.17) is 4.74 Å². The van der Waals surface area contributed by atoms with Crippen LogP contribution in [0.15, 0.2) is 12.1 Å². The Labute approximate surface area is 126 Å². The SMILES string of the molecule is CCCCOC(=O)NCCc1cc(O)c(O)cc1I. The van der Waals surface area contributed by atoms with Crippen molar-refractivity contribution < 1.29 is 19.7 Å². The van der Waals surface area contributed by atoms with Gasteiger partial charge in [-0.1, -0.05) is 13.3 Å². The van der Waals surface area contributed by atoms with Crippen molar-refractivity contribution in [1.29, 1.82) is 0 Å². The first-order chi connectivity index (χ1) is 9.04. The maximum absolute atomic E-state index is 11.3. The van der Waals surface area contributed by atoms with Crippen LogP contribution in [0.3, 0.4) is 0 Å². The monoisotopic (exact) mass is 379 g/mol. The summed E-state index contributed by atoms with van der Waals surface area (Å²) in [5.74, 6) is -0.291. The molecule has 6 heteroatoms. The maximum atomic E-state index is 11.3. The van der Waals surface area contributed by atoms with Crippen LogP contribution in [0.2, 0.25) is 0 Å². The van der Waals surface area contributed by atoms with E-state index < -0.39 is 6.09 Å². The van der Waals surface area contributed by atoms with E-state index in [0.717, 1.165) is 22.0 Å². The highest BCUT2D eigenvalue weighted by molar-refractivity contribution is 14.1. The Balaban J connectivity index is 2.37. The summed E-state index contributed by atoms with van der Waals surface area (Å²) in [6.45, 7) is 2.88. The summed E-state index contributed by atoms with van der Waals surface area (Å²) in [4.78, 5) is 11.3. The number of benzene rings is 1. The highest BCUT2D eigenvalue weighted by atomic mass is 127. The Morgan fingerprint density at radius 1 is 1.37 bits per heavy atom. The topological polar surface area (TPSA) is 78.8 Å².